The normalized spacial score (nSPS) is 14.8. The van der Waals surface area contributed by atoms with Crippen LogP contribution >= 0.6 is 11.6 Å². The highest BCUT2D eigenvalue weighted by Gasteiger charge is 2.25. The third-order valence-electron chi connectivity index (χ3n) is 3.76. The van der Waals surface area contributed by atoms with Crippen molar-refractivity contribution in [3.05, 3.63) is 57.6 Å². The van der Waals surface area contributed by atoms with E-state index in [9.17, 15) is 0 Å². The molecule has 3 rings (SSSR count). The van der Waals surface area contributed by atoms with E-state index in [1.54, 1.807) is 0 Å². The summed E-state index contributed by atoms with van der Waals surface area (Å²) in [4.78, 5) is 9.06. The van der Waals surface area contributed by atoms with Crippen molar-refractivity contribution in [1.29, 1.82) is 0 Å². The molecule has 1 aliphatic rings. The average molecular weight is 259 g/mol. The number of rotatable bonds is 1. The maximum atomic E-state index is 6.16. The van der Waals surface area contributed by atoms with Crippen LogP contribution in [0.3, 0.4) is 0 Å². The Balaban J connectivity index is 1.95. The van der Waals surface area contributed by atoms with Crippen LogP contribution in [0.4, 0.5) is 0 Å². The molecule has 0 bridgehead atoms. The van der Waals surface area contributed by atoms with Gasteiger partial charge in [0.05, 0.1) is 0 Å². The topological polar surface area (TPSA) is 25.8 Å². The summed E-state index contributed by atoms with van der Waals surface area (Å²) in [6.07, 6.45) is 2.05. The lowest BCUT2D eigenvalue weighted by molar-refractivity contribution is 0.676. The lowest BCUT2D eigenvalue weighted by Crippen LogP contribution is -2.07. The third-order valence-corrected chi connectivity index (χ3v) is 4.13. The Bertz CT molecular complexity index is 559. The fourth-order valence-corrected chi connectivity index (χ4v) is 2.76. The Kier molecular flexibility index (Phi) is 2.83. The number of aryl methyl sites for hydroxylation is 1. The second-order valence-electron chi connectivity index (χ2n) is 4.96. The number of aromatic nitrogens is 2. The number of nitrogens with zero attached hydrogens (tertiary/aromatic N) is 2. The highest BCUT2D eigenvalue weighted by molar-refractivity contribution is 6.30. The van der Waals surface area contributed by atoms with Gasteiger partial charge in [0.1, 0.15) is 11.0 Å². The van der Waals surface area contributed by atoms with Gasteiger partial charge in [-0.2, -0.15) is 0 Å². The van der Waals surface area contributed by atoms with Crippen LogP contribution in [0.1, 0.15) is 34.1 Å². The lowest BCUT2D eigenvalue weighted by atomic mass is 10.1. The molecule has 1 aliphatic carbocycles. The van der Waals surface area contributed by atoms with E-state index in [-0.39, 0.29) is 0 Å². The number of fused-ring (bicyclic) bond motifs is 1. The summed E-state index contributed by atoms with van der Waals surface area (Å²) in [6, 6.07) is 8.57. The molecular weight excluding hydrogens is 244 g/mol. The van der Waals surface area contributed by atoms with Gasteiger partial charge < -0.3 is 0 Å². The van der Waals surface area contributed by atoms with Crippen LogP contribution in [0.5, 0.6) is 0 Å². The monoisotopic (exact) mass is 258 g/mol. The Morgan fingerprint density at radius 2 is 1.67 bits per heavy atom. The Labute approximate surface area is 112 Å². The van der Waals surface area contributed by atoms with Gasteiger partial charge in [0.25, 0.3) is 0 Å². The van der Waals surface area contributed by atoms with Crippen molar-refractivity contribution in [3.8, 4) is 0 Å². The zero-order valence-corrected chi connectivity index (χ0v) is 11.3. The largest absolute Gasteiger partial charge is 0.238 e. The fourth-order valence-electron chi connectivity index (χ4n) is 2.54. The highest BCUT2D eigenvalue weighted by Crippen LogP contribution is 2.33. The summed E-state index contributed by atoms with van der Waals surface area (Å²) in [5.74, 6) is 1.26. The van der Waals surface area contributed by atoms with Crippen molar-refractivity contribution >= 4 is 11.6 Å². The summed E-state index contributed by atoms with van der Waals surface area (Å²) >= 11 is 6.16. The molecule has 0 amide bonds. The maximum absolute atomic E-state index is 6.16. The lowest BCUT2D eigenvalue weighted by Gasteiger charge is -2.10. The second-order valence-corrected chi connectivity index (χ2v) is 5.31. The van der Waals surface area contributed by atoms with Crippen LogP contribution in [-0.2, 0) is 12.8 Å². The molecule has 1 aromatic heterocycles. The van der Waals surface area contributed by atoms with E-state index >= 15 is 0 Å². The molecule has 1 heterocycles. The van der Waals surface area contributed by atoms with Gasteiger partial charge >= 0.3 is 0 Å². The van der Waals surface area contributed by atoms with Crippen LogP contribution in [0.2, 0.25) is 5.15 Å². The molecule has 0 atom stereocenters. The van der Waals surface area contributed by atoms with Gasteiger partial charge in [-0.1, -0.05) is 35.9 Å². The standard InChI is InChI=1S/C15H15ClN2/c1-9-10(2)17-15(18-14(9)16)13-7-11-5-3-4-6-12(11)8-13/h3-6,13H,7-8H2,1-2H3. The second kappa shape index (κ2) is 4.36. The summed E-state index contributed by atoms with van der Waals surface area (Å²) in [6.45, 7) is 3.96. The molecule has 0 aliphatic heterocycles. The molecule has 1 aromatic carbocycles. The predicted molar refractivity (Wildman–Crippen MR) is 73.1 cm³/mol. The van der Waals surface area contributed by atoms with Gasteiger partial charge in [-0.05, 0) is 37.8 Å². The van der Waals surface area contributed by atoms with Crippen LogP contribution in [0.25, 0.3) is 0 Å². The molecule has 92 valence electrons. The number of halogens is 1. The van der Waals surface area contributed by atoms with Gasteiger partial charge in [-0.15, -0.1) is 0 Å². The van der Waals surface area contributed by atoms with E-state index in [1.807, 2.05) is 13.8 Å². The SMILES string of the molecule is Cc1nc(C2Cc3ccccc3C2)nc(Cl)c1C. The van der Waals surface area contributed by atoms with Gasteiger partial charge in [0.2, 0.25) is 0 Å². The van der Waals surface area contributed by atoms with Crippen LogP contribution in [-0.4, -0.2) is 9.97 Å². The number of benzene rings is 1. The molecule has 0 N–H and O–H groups in total. The van der Waals surface area contributed by atoms with Crippen LogP contribution in [0, 0.1) is 13.8 Å². The minimum Gasteiger partial charge on any atom is -0.238 e. The summed E-state index contributed by atoms with van der Waals surface area (Å²) < 4.78 is 0. The van der Waals surface area contributed by atoms with Crippen molar-refractivity contribution < 1.29 is 0 Å². The maximum Gasteiger partial charge on any atom is 0.135 e. The van der Waals surface area contributed by atoms with Crippen molar-refractivity contribution in [3.63, 3.8) is 0 Å². The smallest absolute Gasteiger partial charge is 0.135 e. The van der Waals surface area contributed by atoms with Crippen LogP contribution in [0.15, 0.2) is 24.3 Å². The minimum atomic E-state index is 0.374. The molecule has 0 spiro atoms. The summed E-state index contributed by atoms with van der Waals surface area (Å²) in [5, 5.41) is 0.591. The van der Waals surface area contributed by atoms with E-state index in [4.69, 9.17) is 11.6 Å². The quantitative estimate of drug-likeness (QED) is 0.730. The van der Waals surface area contributed by atoms with E-state index in [0.29, 0.717) is 11.1 Å². The molecule has 2 nitrogen and oxygen atoms in total. The van der Waals surface area contributed by atoms with Gasteiger partial charge in [0.15, 0.2) is 0 Å². The van der Waals surface area contributed by atoms with E-state index < -0.39 is 0 Å². The molecule has 0 radical (unpaired) electrons. The highest BCUT2D eigenvalue weighted by atomic mass is 35.5. The molecule has 0 unspecified atom stereocenters. The van der Waals surface area contributed by atoms with E-state index in [0.717, 1.165) is 29.9 Å². The predicted octanol–water partition coefficient (Wildman–Crippen LogP) is 3.63. The fraction of sp³-hybridized carbons (Fsp3) is 0.333. The Morgan fingerprint density at radius 3 is 2.22 bits per heavy atom. The van der Waals surface area contributed by atoms with Crippen molar-refractivity contribution in [2.24, 2.45) is 0 Å². The Morgan fingerprint density at radius 1 is 1.06 bits per heavy atom. The van der Waals surface area contributed by atoms with Crippen molar-refractivity contribution in [1.82, 2.24) is 9.97 Å². The molecule has 18 heavy (non-hydrogen) atoms. The Hall–Kier alpha value is -1.41. The van der Waals surface area contributed by atoms with Crippen molar-refractivity contribution in [2.75, 3.05) is 0 Å². The minimum absolute atomic E-state index is 0.374. The number of hydrogen-bond donors (Lipinski definition) is 0. The zero-order valence-electron chi connectivity index (χ0n) is 10.6. The van der Waals surface area contributed by atoms with E-state index in [2.05, 4.69) is 34.2 Å². The first kappa shape index (κ1) is 11.7. The van der Waals surface area contributed by atoms with Gasteiger partial charge in [-0.25, -0.2) is 9.97 Å². The zero-order chi connectivity index (χ0) is 12.7. The summed E-state index contributed by atoms with van der Waals surface area (Å²) in [7, 11) is 0. The van der Waals surface area contributed by atoms with Gasteiger partial charge in [-0.3, -0.25) is 0 Å². The van der Waals surface area contributed by atoms with Gasteiger partial charge in [0, 0.05) is 17.2 Å². The third kappa shape index (κ3) is 1.91. The molecule has 0 fully saturated rings. The van der Waals surface area contributed by atoms with Crippen molar-refractivity contribution in [2.45, 2.75) is 32.6 Å². The van der Waals surface area contributed by atoms with E-state index in [1.165, 1.54) is 11.1 Å². The van der Waals surface area contributed by atoms with Crippen LogP contribution < -0.4 is 0 Å². The molecule has 3 heteroatoms. The first-order valence-electron chi connectivity index (χ1n) is 6.22. The summed E-state index contributed by atoms with van der Waals surface area (Å²) in [5.41, 5.74) is 4.80. The molecular formula is C15H15ClN2. The average Bonchev–Trinajstić information content (AvgIpc) is 2.79. The molecule has 2 aromatic rings. The first-order chi connectivity index (χ1) is 8.65. The number of hydrogen-bond acceptors (Lipinski definition) is 2. The first-order valence-corrected chi connectivity index (χ1v) is 6.60. The molecule has 0 saturated carbocycles. The molecule has 0 saturated heterocycles.